The lowest BCUT2D eigenvalue weighted by molar-refractivity contribution is -0.114. The number of rotatable bonds is 2. The summed E-state index contributed by atoms with van der Waals surface area (Å²) in [6.45, 7) is 3.39. The molecule has 0 radical (unpaired) electrons. The Balaban J connectivity index is 2.12. The van der Waals surface area contributed by atoms with Crippen molar-refractivity contribution in [1.29, 1.82) is 0 Å². The van der Waals surface area contributed by atoms with Gasteiger partial charge < -0.3 is 4.74 Å². The minimum Gasteiger partial charge on any atom is -0.410 e. The summed E-state index contributed by atoms with van der Waals surface area (Å²) in [5.41, 5.74) is 0.590. The van der Waals surface area contributed by atoms with Crippen LogP contribution in [0.25, 0.3) is 0 Å². The van der Waals surface area contributed by atoms with Gasteiger partial charge >= 0.3 is 6.09 Å². The molecule has 1 amide bonds. The Morgan fingerprint density at radius 3 is 2.53 bits per heavy atom. The van der Waals surface area contributed by atoms with Crippen molar-refractivity contribution in [2.45, 2.75) is 13.8 Å². The first-order chi connectivity index (χ1) is 9.08. The van der Waals surface area contributed by atoms with E-state index in [1.807, 2.05) is 13.0 Å². The molecule has 1 atom stereocenters. The smallest absolute Gasteiger partial charge is 0.410 e. The van der Waals surface area contributed by atoms with E-state index in [-0.39, 0.29) is 11.7 Å². The molecule has 1 aromatic rings. The third-order valence-electron chi connectivity index (χ3n) is 2.87. The lowest BCUT2D eigenvalue weighted by atomic mass is 9.97. The molecule has 1 heterocycles. The maximum absolute atomic E-state index is 11.9. The predicted octanol–water partition coefficient (Wildman–Crippen LogP) is 3.12. The highest BCUT2D eigenvalue weighted by Crippen LogP contribution is 2.21. The Hall–Kier alpha value is -2.36. The Labute approximate surface area is 112 Å². The van der Waals surface area contributed by atoms with Gasteiger partial charge in [0, 0.05) is 23.9 Å². The number of Topliss-reactive ketones (excluding diaryl/α,β-unsaturated/α-hetero) is 1. The SMILES string of the molecule is CC(=O)C1=CN(C(=O)Oc2ccccc2)C=CC1C. The third kappa shape index (κ3) is 3.10. The molecular weight excluding hydrogens is 242 g/mol. The average Bonchev–Trinajstić information content (AvgIpc) is 2.40. The first-order valence-electron chi connectivity index (χ1n) is 6.04. The van der Waals surface area contributed by atoms with Gasteiger partial charge in [-0.05, 0) is 19.1 Å². The molecule has 1 aliphatic heterocycles. The molecule has 0 saturated heterocycles. The first-order valence-corrected chi connectivity index (χ1v) is 6.04. The van der Waals surface area contributed by atoms with Crippen LogP contribution >= 0.6 is 0 Å². The zero-order chi connectivity index (χ0) is 13.8. The molecule has 4 heteroatoms. The zero-order valence-electron chi connectivity index (χ0n) is 10.9. The van der Waals surface area contributed by atoms with Crippen LogP contribution in [-0.2, 0) is 4.79 Å². The maximum atomic E-state index is 11.9. The number of para-hydroxylation sites is 1. The highest BCUT2D eigenvalue weighted by Gasteiger charge is 2.20. The summed E-state index contributed by atoms with van der Waals surface area (Å²) in [5, 5.41) is 0. The van der Waals surface area contributed by atoms with E-state index in [4.69, 9.17) is 4.74 Å². The van der Waals surface area contributed by atoms with Crippen LogP contribution in [0.5, 0.6) is 5.75 Å². The van der Waals surface area contributed by atoms with E-state index >= 15 is 0 Å². The topological polar surface area (TPSA) is 46.6 Å². The number of amides is 1. The second-order valence-electron chi connectivity index (χ2n) is 4.36. The normalized spacial score (nSPS) is 17.9. The van der Waals surface area contributed by atoms with E-state index in [1.165, 1.54) is 18.0 Å². The van der Waals surface area contributed by atoms with Crippen molar-refractivity contribution in [3.8, 4) is 5.75 Å². The van der Waals surface area contributed by atoms with Gasteiger partial charge in [0.1, 0.15) is 5.75 Å². The van der Waals surface area contributed by atoms with E-state index in [0.717, 1.165) is 0 Å². The Morgan fingerprint density at radius 2 is 1.89 bits per heavy atom. The number of ether oxygens (including phenoxy) is 1. The van der Waals surface area contributed by atoms with E-state index in [0.29, 0.717) is 11.3 Å². The molecular formula is C15H15NO3. The molecule has 1 aromatic carbocycles. The molecule has 2 rings (SSSR count). The van der Waals surface area contributed by atoms with Gasteiger partial charge in [-0.15, -0.1) is 0 Å². The van der Waals surface area contributed by atoms with Crippen molar-refractivity contribution in [3.63, 3.8) is 0 Å². The quantitative estimate of drug-likeness (QED) is 0.817. The van der Waals surface area contributed by atoms with Crippen LogP contribution in [-0.4, -0.2) is 16.8 Å². The number of ketones is 1. The number of hydrogen-bond acceptors (Lipinski definition) is 3. The average molecular weight is 257 g/mol. The van der Waals surface area contributed by atoms with Crippen molar-refractivity contribution < 1.29 is 14.3 Å². The lowest BCUT2D eigenvalue weighted by Gasteiger charge is -2.21. The largest absolute Gasteiger partial charge is 0.423 e. The van der Waals surface area contributed by atoms with Gasteiger partial charge in [-0.25, -0.2) is 4.79 Å². The van der Waals surface area contributed by atoms with E-state index in [2.05, 4.69) is 0 Å². The number of benzene rings is 1. The molecule has 0 aromatic heterocycles. The molecule has 19 heavy (non-hydrogen) atoms. The van der Waals surface area contributed by atoms with Crippen LogP contribution in [0.4, 0.5) is 4.79 Å². The van der Waals surface area contributed by atoms with Crippen LogP contribution in [0, 0.1) is 5.92 Å². The van der Waals surface area contributed by atoms with Crippen LogP contribution < -0.4 is 4.74 Å². The molecule has 1 aliphatic rings. The van der Waals surface area contributed by atoms with Crippen molar-refractivity contribution in [2.24, 2.45) is 5.92 Å². The van der Waals surface area contributed by atoms with Crippen molar-refractivity contribution in [2.75, 3.05) is 0 Å². The monoisotopic (exact) mass is 257 g/mol. The summed E-state index contributed by atoms with van der Waals surface area (Å²) in [5.74, 6) is 0.435. The van der Waals surface area contributed by atoms with E-state index < -0.39 is 6.09 Å². The fraction of sp³-hybridized carbons (Fsp3) is 0.200. The first kappa shape index (κ1) is 13.1. The zero-order valence-corrected chi connectivity index (χ0v) is 10.9. The number of hydrogen-bond donors (Lipinski definition) is 0. The lowest BCUT2D eigenvalue weighted by Crippen LogP contribution is -2.28. The molecule has 4 nitrogen and oxygen atoms in total. The molecule has 0 saturated carbocycles. The Kier molecular flexibility index (Phi) is 3.80. The standard InChI is InChI=1S/C15H15NO3/c1-11-8-9-16(10-14(11)12(2)17)15(18)19-13-6-4-3-5-7-13/h3-11H,1-2H3. The third-order valence-corrected chi connectivity index (χ3v) is 2.87. The molecule has 1 unspecified atom stereocenters. The molecule has 0 spiro atoms. The summed E-state index contributed by atoms with van der Waals surface area (Å²) < 4.78 is 5.20. The summed E-state index contributed by atoms with van der Waals surface area (Å²) in [6, 6.07) is 8.81. The highest BCUT2D eigenvalue weighted by molar-refractivity contribution is 5.94. The summed E-state index contributed by atoms with van der Waals surface area (Å²) in [4.78, 5) is 24.7. The van der Waals surface area contributed by atoms with Crippen LogP contribution in [0.15, 0.2) is 54.4 Å². The fourth-order valence-electron chi connectivity index (χ4n) is 1.80. The number of carbonyl (C=O) groups excluding carboxylic acids is 2. The maximum Gasteiger partial charge on any atom is 0.423 e. The van der Waals surface area contributed by atoms with Gasteiger partial charge in [-0.1, -0.05) is 31.2 Å². The van der Waals surface area contributed by atoms with E-state index in [9.17, 15) is 9.59 Å². The van der Waals surface area contributed by atoms with Crippen molar-refractivity contribution in [3.05, 3.63) is 54.4 Å². The fourth-order valence-corrected chi connectivity index (χ4v) is 1.80. The second-order valence-corrected chi connectivity index (χ2v) is 4.36. The van der Waals surface area contributed by atoms with Gasteiger partial charge in [0.15, 0.2) is 5.78 Å². The van der Waals surface area contributed by atoms with Crippen LogP contribution in [0.3, 0.4) is 0 Å². The summed E-state index contributed by atoms with van der Waals surface area (Å²) in [6.07, 6.45) is 4.40. The van der Waals surface area contributed by atoms with Crippen molar-refractivity contribution >= 4 is 11.9 Å². The Bertz CT molecular complexity index is 546. The van der Waals surface area contributed by atoms with Crippen LogP contribution in [0.2, 0.25) is 0 Å². The van der Waals surface area contributed by atoms with Gasteiger partial charge in [-0.3, -0.25) is 9.69 Å². The van der Waals surface area contributed by atoms with Gasteiger partial charge in [-0.2, -0.15) is 0 Å². The van der Waals surface area contributed by atoms with Gasteiger partial charge in [0.05, 0.1) is 0 Å². The summed E-state index contributed by atoms with van der Waals surface area (Å²) in [7, 11) is 0. The van der Waals surface area contributed by atoms with Gasteiger partial charge in [0.2, 0.25) is 0 Å². The minimum absolute atomic E-state index is 0.0123. The predicted molar refractivity (Wildman–Crippen MR) is 71.4 cm³/mol. The summed E-state index contributed by atoms with van der Waals surface area (Å²) >= 11 is 0. The van der Waals surface area contributed by atoms with Gasteiger partial charge in [0.25, 0.3) is 0 Å². The number of nitrogens with zero attached hydrogens (tertiary/aromatic N) is 1. The highest BCUT2D eigenvalue weighted by atomic mass is 16.6. The number of allylic oxidation sites excluding steroid dienone is 2. The molecule has 0 aliphatic carbocycles. The van der Waals surface area contributed by atoms with Crippen LogP contribution in [0.1, 0.15) is 13.8 Å². The number of carbonyl (C=O) groups is 2. The Morgan fingerprint density at radius 1 is 1.21 bits per heavy atom. The minimum atomic E-state index is -0.534. The molecule has 0 fully saturated rings. The molecule has 0 N–H and O–H groups in total. The second kappa shape index (κ2) is 5.52. The molecule has 98 valence electrons. The van der Waals surface area contributed by atoms with E-state index in [1.54, 1.807) is 36.5 Å². The molecule has 0 bridgehead atoms. The van der Waals surface area contributed by atoms with Crippen molar-refractivity contribution in [1.82, 2.24) is 4.90 Å².